The van der Waals surface area contributed by atoms with E-state index in [1.54, 1.807) is 18.3 Å². The Morgan fingerprint density at radius 3 is 2.68 bits per heavy atom. The quantitative estimate of drug-likeness (QED) is 0.895. The summed E-state index contributed by atoms with van der Waals surface area (Å²) in [6.45, 7) is 3.04. The molecule has 0 saturated heterocycles. The zero-order valence-corrected chi connectivity index (χ0v) is 13.1. The van der Waals surface area contributed by atoms with Gasteiger partial charge in [-0.15, -0.1) is 0 Å². The van der Waals surface area contributed by atoms with E-state index in [0.717, 1.165) is 29.3 Å². The maximum absolute atomic E-state index is 13.9. The van der Waals surface area contributed by atoms with Crippen LogP contribution in [-0.4, -0.2) is 11.0 Å². The van der Waals surface area contributed by atoms with E-state index >= 15 is 0 Å². The molecule has 1 aliphatic carbocycles. The summed E-state index contributed by atoms with van der Waals surface area (Å²) in [5.41, 5.74) is 2.64. The van der Waals surface area contributed by atoms with Crippen molar-refractivity contribution in [3.05, 3.63) is 54.0 Å². The highest BCUT2D eigenvalue weighted by atomic mass is 19.1. The molecule has 0 unspecified atom stereocenters. The zero-order valence-electron chi connectivity index (χ0n) is 13.1. The van der Waals surface area contributed by atoms with Crippen LogP contribution in [0.15, 0.2) is 42.6 Å². The lowest BCUT2D eigenvalue weighted by Crippen LogP contribution is -2.32. The van der Waals surface area contributed by atoms with Crippen molar-refractivity contribution in [2.45, 2.75) is 45.2 Å². The Kier molecular flexibility index (Phi) is 4.84. The summed E-state index contributed by atoms with van der Waals surface area (Å²) in [5.74, 6) is 0.653. The van der Waals surface area contributed by atoms with Gasteiger partial charge in [-0.2, -0.15) is 0 Å². The molecule has 22 heavy (non-hydrogen) atoms. The molecule has 1 fully saturated rings. The van der Waals surface area contributed by atoms with Crippen LogP contribution >= 0.6 is 0 Å². The predicted molar refractivity (Wildman–Crippen MR) is 87.9 cm³/mol. The van der Waals surface area contributed by atoms with Gasteiger partial charge in [0.2, 0.25) is 0 Å². The van der Waals surface area contributed by atoms with Crippen LogP contribution in [0.3, 0.4) is 0 Å². The summed E-state index contributed by atoms with van der Waals surface area (Å²) >= 11 is 0. The normalized spacial score (nSPS) is 21.7. The van der Waals surface area contributed by atoms with Gasteiger partial charge in [-0.05, 0) is 67.5 Å². The molecule has 0 spiro atoms. The third-order valence-electron chi connectivity index (χ3n) is 4.53. The van der Waals surface area contributed by atoms with Crippen molar-refractivity contribution in [3.63, 3.8) is 0 Å². The summed E-state index contributed by atoms with van der Waals surface area (Å²) in [6.07, 6.45) is 6.77. The van der Waals surface area contributed by atoms with Gasteiger partial charge in [0.05, 0.1) is 5.69 Å². The fourth-order valence-electron chi connectivity index (χ4n) is 3.16. The standard InChI is InChI=1S/C19H23FN2/c1-14-5-7-18(8-6-14)22-13-15-10-16(12-17(20)11-15)19-4-2-3-9-21-19/h2-4,9-12,14,18,22H,5-8,13H2,1H3. The first-order valence-electron chi connectivity index (χ1n) is 8.15. The molecule has 0 amide bonds. The number of aromatic nitrogens is 1. The fraction of sp³-hybridized carbons (Fsp3) is 0.421. The van der Waals surface area contributed by atoms with E-state index < -0.39 is 0 Å². The number of hydrogen-bond acceptors (Lipinski definition) is 2. The SMILES string of the molecule is CC1CCC(NCc2cc(F)cc(-c3ccccn3)c2)CC1. The number of pyridine rings is 1. The van der Waals surface area contributed by atoms with Crippen LogP contribution in [0, 0.1) is 11.7 Å². The summed E-state index contributed by atoms with van der Waals surface area (Å²) in [4.78, 5) is 4.30. The minimum absolute atomic E-state index is 0.197. The summed E-state index contributed by atoms with van der Waals surface area (Å²) in [7, 11) is 0. The van der Waals surface area contributed by atoms with Gasteiger partial charge in [0.1, 0.15) is 5.82 Å². The topological polar surface area (TPSA) is 24.9 Å². The van der Waals surface area contributed by atoms with Crippen LogP contribution in [0.4, 0.5) is 4.39 Å². The molecule has 0 aliphatic heterocycles. The van der Waals surface area contributed by atoms with Crippen molar-refractivity contribution < 1.29 is 4.39 Å². The Labute approximate surface area is 131 Å². The fourth-order valence-corrected chi connectivity index (χ4v) is 3.16. The number of hydrogen-bond donors (Lipinski definition) is 1. The van der Waals surface area contributed by atoms with E-state index in [1.165, 1.54) is 25.7 Å². The predicted octanol–water partition coefficient (Wildman–Crippen LogP) is 4.56. The van der Waals surface area contributed by atoms with E-state index in [0.29, 0.717) is 6.04 Å². The second kappa shape index (κ2) is 7.01. The van der Waals surface area contributed by atoms with Gasteiger partial charge in [0, 0.05) is 24.3 Å². The van der Waals surface area contributed by atoms with Gasteiger partial charge >= 0.3 is 0 Å². The second-order valence-corrected chi connectivity index (χ2v) is 6.40. The molecule has 1 saturated carbocycles. The van der Waals surface area contributed by atoms with Crippen molar-refractivity contribution in [2.75, 3.05) is 0 Å². The monoisotopic (exact) mass is 298 g/mol. The first-order valence-corrected chi connectivity index (χ1v) is 8.15. The molecule has 0 atom stereocenters. The Morgan fingerprint density at radius 1 is 1.14 bits per heavy atom. The van der Waals surface area contributed by atoms with Gasteiger partial charge in [-0.25, -0.2) is 4.39 Å². The number of nitrogens with one attached hydrogen (secondary N) is 1. The minimum atomic E-state index is -0.197. The summed E-state index contributed by atoms with van der Waals surface area (Å²) in [5, 5.41) is 3.58. The van der Waals surface area contributed by atoms with Crippen LogP contribution in [0.1, 0.15) is 38.2 Å². The van der Waals surface area contributed by atoms with Crippen molar-refractivity contribution in [2.24, 2.45) is 5.92 Å². The molecule has 1 aromatic heterocycles. The van der Waals surface area contributed by atoms with E-state index in [4.69, 9.17) is 0 Å². The molecule has 1 heterocycles. The Balaban J connectivity index is 1.68. The smallest absolute Gasteiger partial charge is 0.124 e. The molecule has 1 aliphatic rings. The lowest BCUT2D eigenvalue weighted by Gasteiger charge is -2.27. The van der Waals surface area contributed by atoms with Crippen molar-refractivity contribution in [1.82, 2.24) is 10.3 Å². The van der Waals surface area contributed by atoms with Gasteiger partial charge in [-0.1, -0.05) is 13.0 Å². The molecule has 2 aromatic rings. The van der Waals surface area contributed by atoms with Crippen LogP contribution in [0.5, 0.6) is 0 Å². The van der Waals surface area contributed by atoms with E-state index in [2.05, 4.69) is 17.2 Å². The minimum Gasteiger partial charge on any atom is -0.310 e. The molecule has 3 heteroatoms. The Hall–Kier alpha value is -1.74. The zero-order chi connectivity index (χ0) is 15.4. The van der Waals surface area contributed by atoms with Gasteiger partial charge in [-0.3, -0.25) is 4.98 Å². The number of rotatable bonds is 4. The van der Waals surface area contributed by atoms with E-state index in [-0.39, 0.29) is 5.82 Å². The van der Waals surface area contributed by atoms with Crippen LogP contribution < -0.4 is 5.32 Å². The molecule has 1 N–H and O–H groups in total. The number of nitrogens with zero attached hydrogens (tertiary/aromatic N) is 1. The maximum atomic E-state index is 13.9. The summed E-state index contributed by atoms with van der Waals surface area (Å²) in [6, 6.07) is 11.5. The average molecular weight is 298 g/mol. The van der Waals surface area contributed by atoms with Crippen LogP contribution in [-0.2, 0) is 6.54 Å². The third kappa shape index (κ3) is 3.92. The Bertz CT molecular complexity index is 604. The molecule has 1 aromatic carbocycles. The van der Waals surface area contributed by atoms with Crippen molar-refractivity contribution in [3.8, 4) is 11.3 Å². The van der Waals surface area contributed by atoms with E-state index in [1.807, 2.05) is 24.3 Å². The molecule has 2 nitrogen and oxygen atoms in total. The van der Waals surface area contributed by atoms with Crippen molar-refractivity contribution in [1.29, 1.82) is 0 Å². The molecule has 0 bridgehead atoms. The van der Waals surface area contributed by atoms with Gasteiger partial charge in [0.25, 0.3) is 0 Å². The van der Waals surface area contributed by atoms with Gasteiger partial charge in [0.15, 0.2) is 0 Å². The lowest BCUT2D eigenvalue weighted by atomic mass is 9.87. The molecular formula is C19H23FN2. The molecule has 0 radical (unpaired) electrons. The first kappa shape index (κ1) is 15.2. The highest BCUT2D eigenvalue weighted by Crippen LogP contribution is 2.24. The average Bonchev–Trinajstić information content (AvgIpc) is 2.55. The molecular weight excluding hydrogens is 275 g/mol. The summed E-state index contributed by atoms with van der Waals surface area (Å²) < 4.78 is 13.9. The lowest BCUT2D eigenvalue weighted by molar-refractivity contribution is 0.306. The largest absolute Gasteiger partial charge is 0.310 e. The molecule has 116 valence electrons. The Morgan fingerprint density at radius 2 is 1.95 bits per heavy atom. The number of benzene rings is 1. The highest BCUT2D eigenvalue weighted by Gasteiger charge is 2.17. The van der Waals surface area contributed by atoms with Crippen LogP contribution in [0.2, 0.25) is 0 Å². The van der Waals surface area contributed by atoms with E-state index in [9.17, 15) is 4.39 Å². The highest BCUT2D eigenvalue weighted by molar-refractivity contribution is 5.59. The van der Waals surface area contributed by atoms with Gasteiger partial charge < -0.3 is 5.32 Å². The van der Waals surface area contributed by atoms with Crippen molar-refractivity contribution >= 4 is 0 Å². The van der Waals surface area contributed by atoms with Crippen LogP contribution in [0.25, 0.3) is 11.3 Å². The number of halogens is 1. The second-order valence-electron chi connectivity index (χ2n) is 6.40. The maximum Gasteiger partial charge on any atom is 0.124 e. The molecule has 3 rings (SSSR count). The first-order chi connectivity index (χ1) is 10.7. The third-order valence-corrected chi connectivity index (χ3v) is 4.53.